The Labute approximate surface area is 125 Å². The normalized spacial score (nSPS) is 12.0. The van der Waals surface area contributed by atoms with E-state index in [4.69, 9.17) is 16.3 Å². The summed E-state index contributed by atoms with van der Waals surface area (Å²) in [6.07, 6.45) is -0.221. The highest BCUT2D eigenvalue weighted by atomic mass is 35.5. The van der Waals surface area contributed by atoms with Crippen molar-refractivity contribution >= 4 is 23.0 Å². The van der Waals surface area contributed by atoms with Gasteiger partial charge in [-0.15, -0.1) is 0 Å². The summed E-state index contributed by atoms with van der Waals surface area (Å²) in [6, 6.07) is 4.22. The van der Waals surface area contributed by atoms with Crippen molar-refractivity contribution in [2.75, 3.05) is 11.9 Å². The molecule has 112 valence electrons. The second-order valence-corrected chi connectivity index (χ2v) is 4.79. The van der Waals surface area contributed by atoms with Crippen LogP contribution in [0.1, 0.15) is 12.6 Å². The van der Waals surface area contributed by atoms with Gasteiger partial charge >= 0.3 is 0 Å². The molecule has 0 aliphatic rings. The van der Waals surface area contributed by atoms with E-state index < -0.39 is 4.92 Å². The van der Waals surface area contributed by atoms with Crippen LogP contribution in [0.3, 0.4) is 0 Å². The number of non-ortho nitro benzene ring substituents is 1. The summed E-state index contributed by atoms with van der Waals surface area (Å²) in [5.74, 6) is 0.332. The quantitative estimate of drug-likeness (QED) is 0.646. The predicted molar refractivity (Wildman–Crippen MR) is 75.7 cm³/mol. The molecule has 9 heteroatoms. The van der Waals surface area contributed by atoms with Crippen LogP contribution in [0.5, 0.6) is 5.88 Å². The van der Waals surface area contributed by atoms with Gasteiger partial charge in [0.05, 0.1) is 22.2 Å². The number of nitro groups is 1. The molecule has 0 fully saturated rings. The number of aromatic nitrogens is 2. The highest BCUT2D eigenvalue weighted by molar-refractivity contribution is 6.33. The van der Waals surface area contributed by atoms with Gasteiger partial charge in [-0.25, -0.2) is 4.63 Å². The monoisotopic (exact) mass is 312 g/mol. The molecule has 1 atom stereocenters. The van der Waals surface area contributed by atoms with Gasteiger partial charge in [0.15, 0.2) is 0 Å². The SMILES string of the molecule is Cc1nonc1O[C@@H](C)CNc1ccc([N+](=O)[O-])cc1Cl. The number of nitrogens with one attached hydrogen (secondary N) is 1. The van der Waals surface area contributed by atoms with Crippen molar-refractivity contribution in [1.82, 2.24) is 10.3 Å². The number of halogens is 1. The molecule has 8 nitrogen and oxygen atoms in total. The summed E-state index contributed by atoms with van der Waals surface area (Å²) in [5.41, 5.74) is 1.10. The molecule has 1 aromatic heterocycles. The van der Waals surface area contributed by atoms with Crippen LogP contribution < -0.4 is 10.1 Å². The Balaban J connectivity index is 1.93. The summed E-state index contributed by atoms with van der Waals surface area (Å²) in [4.78, 5) is 10.1. The van der Waals surface area contributed by atoms with E-state index in [1.165, 1.54) is 12.1 Å². The minimum absolute atomic E-state index is 0.0563. The molecule has 0 saturated carbocycles. The van der Waals surface area contributed by atoms with Gasteiger partial charge in [-0.1, -0.05) is 16.8 Å². The van der Waals surface area contributed by atoms with E-state index in [-0.39, 0.29) is 16.8 Å². The fourth-order valence-electron chi connectivity index (χ4n) is 1.58. The second-order valence-electron chi connectivity index (χ2n) is 4.39. The Morgan fingerprint density at radius 3 is 2.86 bits per heavy atom. The zero-order valence-electron chi connectivity index (χ0n) is 11.4. The molecule has 1 aromatic carbocycles. The number of benzene rings is 1. The molecular weight excluding hydrogens is 300 g/mol. The topological polar surface area (TPSA) is 103 Å². The number of nitro benzene ring substituents is 1. The van der Waals surface area contributed by atoms with Gasteiger partial charge in [0, 0.05) is 12.1 Å². The van der Waals surface area contributed by atoms with Crippen LogP contribution in [0.4, 0.5) is 11.4 Å². The third-order valence-corrected chi connectivity index (χ3v) is 2.98. The fourth-order valence-corrected chi connectivity index (χ4v) is 1.82. The highest BCUT2D eigenvalue weighted by Gasteiger charge is 2.13. The van der Waals surface area contributed by atoms with E-state index in [0.29, 0.717) is 23.8 Å². The minimum Gasteiger partial charge on any atom is -0.469 e. The van der Waals surface area contributed by atoms with Crippen LogP contribution in [0.25, 0.3) is 0 Å². The molecule has 0 bridgehead atoms. The largest absolute Gasteiger partial charge is 0.469 e. The van der Waals surface area contributed by atoms with Crippen molar-refractivity contribution in [2.24, 2.45) is 0 Å². The van der Waals surface area contributed by atoms with Crippen molar-refractivity contribution < 1.29 is 14.3 Å². The molecule has 0 spiro atoms. The first-order valence-corrected chi connectivity index (χ1v) is 6.49. The first-order valence-electron chi connectivity index (χ1n) is 6.11. The smallest absolute Gasteiger partial charge is 0.279 e. The molecule has 0 aliphatic heterocycles. The lowest BCUT2D eigenvalue weighted by molar-refractivity contribution is -0.384. The van der Waals surface area contributed by atoms with Crippen LogP contribution >= 0.6 is 11.6 Å². The number of nitrogens with zero attached hydrogens (tertiary/aromatic N) is 3. The lowest BCUT2D eigenvalue weighted by Crippen LogP contribution is -2.23. The van der Waals surface area contributed by atoms with E-state index in [1.807, 2.05) is 6.92 Å². The Bertz CT molecular complexity index is 646. The molecular formula is C12H13ClN4O4. The molecule has 1 N–H and O–H groups in total. The Morgan fingerprint density at radius 2 is 2.29 bits per heavy atom. The average molecular weight is 313 g/mol. The van der Waals surface area contributed by atoms with E-state index in [1.54, 1.807) is 13.0 Å². The Morgan fingerprint density at radius 1 is 1.52 bits per heavy atom. The molecule has 0 aliphatic carbocycles. The molecule has 0 radical (unpaired) electrons. The molecule has 2 rings (SSSR count). The number of aryl methyl sites for hydroxylation is 1. The predicted octanol–water partition coefficient (Wildman–Crippen LogP) is 2.82. The van der Waals surface area contributed by atoms with Crippen LogP contribution in [0.15, 0.2) is 22.8 Å². The summed E-state index contributed by atoms with van der Waals surface area (Å²) < 4.78 is 10.1. The maximum atomic E-state index is 10.6. The maximum Gasteiger partial charge on any atom is 0.279 e. The van der Waals surface area contributed by atoms with Gasteiger partial charge in [0.1, 0.15) is 11.8 Å². The second kappa shape index (κ2) is 6.40. The van der Waals surface area contributed by atoms with Crippen LogP contribution in [0.2, 0.25) is 5.02 Å². The minimum atomic E-state index is -0.498. The highest BCUT2D eigenvalue weighted by Crippen LogP contribution is 2.26. The Hall–Kier alpha value is -2.35. The molecule has 21 heavy (non-hydrogen) atoms. The van der Waals surface area contributed by atoms with Crippen molar-refractivity contribution in [3.8, 4) is 5.88 Å². The Kier molecular flexibility index (Phi) is 4.59. The lowest BCUT2D eigenvalue weighted by Gasteiger charge is -2.14. The molecule has 1 heterocycles. The van der Waals surface area contributed by atoms with Crippen molar-refractivity contribution in [1.29, 1.82) is 0 Å². The number of hydrogen-bond acceptors (Lipinski definition) is 7. The standard InChI is InChI=1S/C12H13ClN4O4/c1-7(20-12-8(2)15-21-16-12)6-14-11-4-3-9(17(18)19)5-10(11)13/h3-5,7,14H,6H2,1-2H3/t7-/m0/s1. The van der Waals surface area contributed by atoms with Gasteiger partial charge in [-0.3, -0.25) is 10.1 Å². The third-order valence-electron chi connectivity index (χ3n) is 2.67. The molecule has 0 unspecified atom stereocenters. The van der Waals surface area contributed by atoms with E-state index in [9.17, 15) is 10.1 Å². The third kappa shape index (κ3) is 3.82. The maximum absolute atomic E-state index is 10.6. The van der Waals surface area contributed by atoms with Gasteiger partial charge in [-0.05, 0) is 25.1 Å². The zero-order valence-corrected chi connectivity index (χ0v) is 12.1. The fraction of sp³-hybridized carbons (Fsp3) is 0.333. The summed E-state index contributed by atoms with van der Waals surface area (Å²) in [6.45, 7) is 3.99. The average Bonchev–Trinajstić information content (AvgIpc) is 2.82. The van der Waals surface area contributed by atoms with Crippen LogP contribution in [-0.2, 0) is 0 Å². The number of anilines is 1. The van der Waals surface area contributed by atoms with Crippen LogP contribution in [0, 0.1) is 17.0 Å². The van der Waals surface area contributed by atoms with Gasteiger partial charge < -0.3 is 10.1 Å². The van der Waals surface area contributed by atoms with Crippen molar-refractivity contribution in [2.45, 2.75) is 20.0 Å². The van der Waals surface area contributed by atoms with Gasteiger partial charge in [0.25, 0.3) is 11.6 Å². The number of hydrogen-bond donors (Lipinski definition) is 1. The van der Waals surface area contributed by atoms with Crippen molar-refractivity contribution in [3.63, 3.8) is 0 Å². The summed E-state index contributed by atoms with van der Waals surface area (Å²) in [7, 11) is 0. The number of rotatable bonds is 6. The van der Waals surface area contributed by atoms with Crippen molar-refractivity contribution in [3.05, 3.63) is 39.0 Å². The molecule has 0 amide bonds. The molecule has 2 aromatic rings. The van der Waals surface area contributed by atoms with Gasteiger partial charge in [0.2, 0.25) is 0 Å². The summed E-state index contributed by atoms with van der Waals surface area (Å²) in [5, 5.41) is 21.2. The summed E-state index contributed by atoms with van der Waals surface area (Å²) >= 11 is 5.98. The first-order chi connectivity index (χ1) is 9.97. The van der Waals surface area contributed by atoms with E-state index in [0.717, 1.165) is 0 Å². The number of ether oxygens (including phenoxy) is 1. The van der Waals surface area contributed by atoms with Crippen LogP contribution in [-0.4, -0.2) is 27.9 Å². The van der Waals surface area contributed by atoms with Gasteiger partial charge in [-0.2, -0.15) is 0 Å². The molecule has 0 saturated heterocycles. The van der Waals surface area contributed by atoms with E-state index >= 15 is 0 Å². The first kappa shape index (κ1) is 15.0. The zero-order chi connectivity index (χ0) is 15.4. The van der Waals surface area contributed by atoms with E-state index in [2.05, 4.69) is 20.3 Å². The lowest BCUT2D eigenvalue weighted by atomic mass is 10.2.